The minimum atomic E-state index is -1.15. The van der Waals surface area contributed by atoms with Gasteiger partial charge < -0.3 is 14.9 Å². The number of carbonyl (C=O) groups excluding carboxylic acids is 3. The zero-order valence-corrected chi connectivity index (χ0v) is 17.6. The lowest BCUT2D eigenvalue weighted by Crippen LogP contribution is -2.44. The molecule has 1 aliphatic rings. The summed E-state index contributed by atoms with van der Waals surface area (Å²) >= 11 is 0. The van der Waals surface area contributed by atoms with Crippen LogP contribution in [-0.2, 0) is 19.1 Å². The van der Waals surface area contributed by atoms with Crippen LogP contribution in [0.5, 0.6) is 0 Å². The highest BCUT2D eigenvalue weighted by atomic mass is 16.5. The standard InChI is InChI=1S/C21H36O6/c1-8-16-12(4)19(24)13(5)17(22)10(2)9-11(3)18(23)14(6)20(25)15(7)21(26)27-16/h10-16,19-20,24-25H,8-9H2,1-7H3/t10-,11-,12+,13-,14-,15-,16+,19+,20-/m1/s1. The molecule has 0 aromatic heterocycles. The molecule has 0 amide bonds. The lowest BCUT2D eigenvalue weighted by Gasteiger charge is -2.33. The van der Waals surface area contributed by atoms with E-state index in [0.717, 1.165) is 0 Å². The molecule has 1 aliphatic heterocycles. The summed E-state index contributed by atoms with van der Waals surface area (Å²) in [5.74, 6) is -4.30. The number of ether oxygens (including phenoxy) is 1. The molecule has 0 unspecified atom stereocenters. The maximum atomic E-state index is 12.8. The van der Waals surface area contributed by atoms with Crippen LogP contribution in [0.4, 0.5) is 0 Å². The van der Waals surface area contributed by atoms with Gasteiger partial charge in [-0.2, -0.15) is 0 Å². The van der Waals surface area contributed by atoms with Gasteiger partial charge in [0.05, 0.1) is 18.1 Å². The highest BCUT2D eigenvalue weighted by Crippen LogP contribution is 2.29. The summed E-state index contributed by atoms with van der Waals surface area (Å²) in [4.78, 5) is 37.9. The number of hydrogen-bond donors (Lipinski definition) is 2. The molecule has 1 fully saturated rings. The second-order valence-corrected chi connectivity index (χ2v) is 8.43. The lowest BCUT2D eigenvalue weighted by atomic mass is 9.77. The number of hydrogen-bond acceptors (Lipinski definition) is 6. The van der Waals surface area contributed by atoms with E-state index < -0.39 is 53.9 Å². The Morgan fingerprint density at radius 3 is 1.70 bits per heavy atom. The summed E-state index contributed by atoms with van der Waals surface area (Å²) in [7, 11) is 0. The molecule has 156 valence electrons. The van der Waals surface area contributed by atoms with Crippen molar-refractivity contribution in [2.24, 2.45) is 35.5 Å². The summed E-state index contributed by atoms with van der Waals surface area (Å²) in [5, 5.41) is 21.2. The predicted molar refractivity (Wildman–Crippen MR) is 102 cm³/mol. The van der Waals surface area contributed by atoms with Crippen LogP contribution in [0, 0.1) is 35.5 Å². The van der Waals surface area contributed by atoms with Crippen LogP contribution in [0.2, 0.25) is 0 Å². The number of ketones is 2. The molecular formula is C21H36O6. The van der Waals surface area contributed by atoms with E-state index in [4.69, 9.17) is 4.74 Å². The van der Waals surface area contributed by atoms with E-state index in [2.05, 4.69) is 0 Å². The summed E-state index contributed by atoms with van der Waals surface area (Å²) in [5.41, 5.74) is 0. The molecule has 6 heteroatoms. The Morgan fingerprint density at radius 2 is 1.26 bits per heavy atom. The van der Waals surface area contributed by atoms with E-state index in [9.17, 15) is 24.6 Å². The number of aliphatic hydroxyl groups is 2. The van der Waals surface area contributed by atoms with E-state index in [1.54, 1.807) is 41.5 Å². The molecule has 1 saturated heterocycles. The Kier molecular flexibility index (Phi) is 8.61. The van der Waals surface area contributed by atoms with E-state index in [1.165, 1.54) is 0 Å². The molecule has 6 nitrogen and oxygen atoms in total. The third-order valence-corrected chi connectivity index (χ3v) is 6.28. The van der Waals surface area contributed by atoms with Crippen molar-refractivity contribution in [1.29, 1.82) is 0 Å². The van der Waals surface area contributed by atoms with Gasteiger partial charge in [0.25, 0.3) is 0 Å². The first-order valence-electron chi connectivity index (χ1n) is 10.1. The maximum Gasteiger partial charge on any atom is 0.311 e. The van der Waals surface area contributed by atoms with E-state index in [1.807, 2.05) is 6.92 Å². The first-order valence-corrected chi connectivity index (χ1v) is 10.1. The molecule has 0 aromatic rings. The number of cyclic esters (lactones) is 1. The lowest BCUT2D eigenvalue weighted by molar-refractivity contribution is -0.165. The molecule has 0 saturated carbocycles. The second-order valence-electron chi connectivity index (χ2n) is 8.43. The molecule has 9 atom stereocenters. The average Bonchev–Trinajstić information content (AvgIpc) is 2.66. The number of carbonyl (C=O) groups is 3. The Bertz CT molecular complexity index is 545. The van der Waals surface area contributed by atoms with Crippen LogP contribution in [0.15, 0.2) is 0 Å². The second kappa shape index (κ2) is 9.78. The van der Waals surface area contributed by atoms with Crippen molar-refractivity contribution in [2.45, 2.75) is 79.6 Å². The minimum absolute atomic E-state index is 0.103. The topological polar surface area (TPSA) is 101 Å². The van der Waals surface area contributed by atoms with Gasteiger partial charge in [0.15, 0.2) is 0 Å². The fourth-order valence-corrected chi connectivity index (χ4v) is 4.06. The first-order chi connectivity index (χ1) is 12.4. The highest BCUT2D eigenvalue weighted by Gasteiger charge is 2.39. The third kappa shape index (κ3) is 5.38. The Hall–Kier alpha value is -1.27. The van der Waals surface area contributed by atoms with Gasteiger partial charge in [0.1, 0.15) is 17.7 Å². The summed E-state index contributed by atoms with van der Waals surface area (Å²) in [6.45, 7) is 12.0. The van der Waals surface area contributed by atoms with Crippen LogP contribution in [0.25, 0.3) is 0 Å². The van der Waals surface area contributed by atoms with Crippen LogP contribution in [0.1, 0.15) is 61.3 Å². The van der Waals surface area contributed by atoms with Gasteiger partial charge in [-0.05, 0) is 19.8 Å². The Labute approximate surface area is 162 Å². The van der Waals surface area contributed by atoms with Gasteiger partial charge in [-0.25, -0.2) is 0 Å². The zero-order chi connectivity index (χ0) is 21.0. The number of aliphatic hydroxyl groups excluding tert-OH is 2. The van der Waals surface area contributed by atoms with Gasteiger partial charge in [0, 0.05) is 29.6 Å². The van der Waals surface area contributed by atoms with E-state index in [-0.39, 0.29) is 17.5 Å². The molecule has 0 aromatic carbocycles. The van der Waals surface area contributed by atoms with Crippen molar-refractivity contribution in [3.63, 3.8) is 0 Å². The van der Waals surface area contributed by atoms with Crippen molar-refractivity contribution in [1.82, 2.24) is 0 Å². The molecular weight excluding hydrogens is 348 g/mol. The molecule has 0 bridgehead atoms. The third-order valence-electron chi connectivity index (χ3n) is 6.28. The molecule has 1 heterocycles. The summed E-state index contributed by atoms with van der Waals surface area (Å²) in [6.07, 6.45) is -1.84. The smallest absolute Gasteiger partial charge is 0.311 e. The Balaban J connectivity index is 3.25. The van der Waals surface area contributed by atoms with Gasteiger partial charge in [-0.3, -0.25) is 14.4 Å². The van der Waals surface area contributed by atoms with Crippen molar-refractivity contribution in [3.8, 4) is 0 Å². The molecule has 0 aliphatic carbocycles. The average molecular weight is 385 g/mol. The highest BCUT2D eigenvalue weighted by molar-refractivity contribution is 5.87. The van der Waals surface area contributed by atoms with Gasteiger partial charge in [0.2, 0.25) is 0 Å². The largest absolute Gasteiger partial charge is 0.462 e. The first kappa shape index (κ1) is 23.8. The predicted octanol–water partition coefficient (Wildman–Crippen LogP) is 2.39. The van der Waals surface area contributed by atoms with Crippen LogP contribution < -0.4 is 0 Å². The minimum Gasteiger partial charge on any atom is -0.462 e. The summed E-state index contributed by atoms with van der Waals surface area (Å²) in [6, 6.07) is 0. The molecule has 1 rings (SSSR count). The normalized spacial score (nSPS) is 43.1. The quantitative estimate of drug-likeness (QED) is 0.673. The number of esters is 1. The maximum absolute atomic E-state index is 12.8. The van der Waals surface area contributed by atoms with Gasteiger partial charge >= 0.3 is 5.97 Å². The Morgan fingerprint density at radius 1 is 0.815 bits per heavy atom. The molecule has 2 N–H and O–H groups in total. The van der Waals surface area contributed by atoms with Crippen LogP contribution in [0.3, 0.4) is 0 Å². The molecule has 0 spiro atoms. The summed E-state index contributed by atoms with van der Waals surface area (Å²) < 4.78 is 5.55. The fraction of sp³-hybridized carbons (Fsp3) is 0.857. The van der Waals surface area contributed by atoms with E-state index in [0.29, 0.717) is 12.8 Å². The molecule has 0 radical (unpaired) electrons. The van der Waals surface area contributed by atoms with Crippen LogP contribution >= 0.6 is 0 Å². The SMILES string of the molecule is CC[C@@H]1OC(=O)[C@H](C)[C@H](O)[C@H](C)C(=O)[C@H](C)C[C@@H](C)C(=O)[C@@H](C)[C@@H](O)[C@H]1C. The number of rotatable bonds is 1. The van der Waals surface area contributed by atoms with Gasteiger partial charge in [-0.1, -0.05) is 41.5 Å². The van der Waals surface area contributed by atoms with Crippen molar-refractivity contribution >= 4 is 17.5 Å². The molecule has 27 heavy (non-hydrogen) atoms. The van der Waals surface area contributed by atoms with Crippen LogP contribution in [-0.4, -0.2) is 46.1 Å². The number of Topliss-reactive ketones (excluding diaryl/α,β-unsaturated/α-hetero) is 2. The van der Waals surface area contributed by atoms with Crippen molar-refractivity contribution in [3.05, 3.63) is 0 Å². The van der Waals surface area contributed by atoms with E-state index >= 15 is 0 Å². The zero-order valence-electron chi connectivity index (χ0n) is 17.6. The monoisotopic (exact) mass is 384 g/mol. The van der Waals surface area contributed by atoms with Gasteiger partial charge in [-0.15, -0.1) is 0 Å². The fourth-order valence-electron chi connectivity index (χ4n) is 4.06. The van der Waals surface area contributed by atoms with Crippen molar-refractivity contribution in [2.75, 3.05) is 0 Å². The van der Waals surface area contributed by atoms with Crippen molar-refractivity contribution < 1.29 is 29.3 Å².